The highest BCUT2D eigenvalue weighted by molar-refractivity contribution is 7.91. The topological polar surface area (TPSA) is 138 Å². The molecular weight excluding hydrogens is 412 g/mol. The number of halogens is 1. The molecular formula is C19H15ClN6O2S. The first kappa shape index (κ1) is 18.9. The van der Waals surface area contributed by atoms with E-state index in [-0.39, 0.29) is 9.92 Å². The Morgan fingerprint density at radius 2 is 1.86 bits per heavy atom. The lowest BCUT2D eigenvalue weighted by Gasteiger charge is -2.08. The number of aromatic nitrogens is 3. The monoisotopic (exact) mass is 426 g/mol. The second-order valence-electron chi connectivity index (χ2n) is 6.19. The molecule has 10 heteroatoms. The minimum Gasteiger partial charge on any atom is -0.398 e. The molecule has 0 unspecified atom stereocenters. The molecule has 29 heavy (non-hydrogen) atoms. The van der Waals surface area contributed by atoms with E-state index < -0.39 is 9.84 Å². The smallest absolute Gasteiger partial charge is 0.221 e. The van der Waals surface area contributed by atoms with E-state index in [0.717, 1.165) is 6.21 Å². The fraction of sp³-hybridized carbons (Fsp3) is 0. The van der Waals surface area contributed by atoms with Gasteiger partial charge in [0.2, 0.25) is 9.84 Å². The summed E-state index contributed by atoms with van der Waals surface area (Å²) < 4.78 is 25.8. The lowest BCUT2D eigenvalue weighted by Crippen LogP contribution is -2.01. The number of fused-ring (bicyclic) bond motifs is 1. The van der Waals surface area contributed by atoms with Crippen LogP contribution in [0.5, 0.6) is 0 Å². The van der Waals surface area contributed by atoms with Crippen molar-refractivity contribution in [2.75, 3.05) is 11.1 Å². The van der Waals surface area contributed by atoms with Crippen molar-refractivity contribution in [2.24, 2.45) is 0 Å². The SMILES string of the molecule is N=Cc1cc(Nc2ncnc3[nH]c(S(=O)(=O)c4ccc(Cl)cc4)cc23)ccc1N. The Bertz CT molecular complexity index is 1330. The number of nitrogens with two attached hydrogens (primary N) is 1. The van der Waals surface area contributed by atoms with E-state index in [2.05, 4.69) is 20.3 Å². The largest absolute Gasteiger partial charge is 0.398 e. The summed E-state index contributed by atoms with van der Waals surface area (Å²) in [6.45, 7) is 0. The van der Waals surface area contributed by atoms with Gasteiger partial charge in [-0.05, 0) is 48.5 Å². The third-order valence-electron chi connectivity index (χ3n) is 4.32. The van der Waals surface area contributed by atoms with E-state index in [9.17, 15) is 8.42 Å². The molecule has 8 nitrogen and oxygen atoms in total. The zero-order chi connectivity index (χ0) is 20.6. The van der Waals surface area contributed by atoms with Crippen LogP contribution in [0, 0.1) is 5.41 Å². The normalized spacial score (nSPS) is 11.5. The number of anilines is 3. The summed E-state index contributed by atoms with van der Waals surface area (Å²) in [6, 6.07) is 12.5. The van der Waals surface area contributed by atoms with E-state index in [0.29, 0.717) is 38.8 Å². The van der Waals surface area contributed by atoms with Crippen molar-refractivity contribution < 1.29 is 8.42 Å². The molecule has 4 rings (SSSR count). The van der Waals surface area contributed by atoms with E-state index >= 15 is 0 Å². The van der Waals surface area contributed by atoms with Crippen molar-refractivity contribution in [3.05, 3.63) is 65.4 Å². The van der Waals surface area contributed by atoms with Gasteiger partial charge in [-0.15, -0.1) is 0 Å². The van der Waals surface area contributed by atoms with Crippen LogP contribution in [0.15, 0.2) is 64.8 Å². The zero-order valence-electron chi connectivity index (χ0n) is 14.8. The van der Waals surface area contributed by atoms with Gasteiger partial charge in [-0.2, -0.15) is 0 Å². The number of rotatable bonds is 5. The molecule has 0 bridgehead atoms. The molecule has 0 atom stereocenters. The highest BCUT2D eigenvalue weighted by atomic mass is 35.5. The Morgan fingerprint density at radius 1 is 1.10 bits per heavy atom. The third-order valence-corrected chi connectivity index (χ3v) is 6.26. The Morgan fingerprint density at radius 3 is 2.59 bits per heavy atom. The molecule has 2 aromatic heterocycles. The van der Waals surface area contributed by atoms with Gasteiger partial charge in [0.1, 0.15) is 22.8 Å². The Balaban J connectivity index is 1.76. The predicted molar refractivity (Wildman–Crippen MR) is 113 cm³/mol. The summed E-state index contributed by atoms with van der Waals surface area (Å²) in [7, 11) is -3.78. The highest BCUT2D eigenvalue weighted by Gasteiger charge is 2.21. The lowest BCUT2D eigenvalue weighted by atomic mass is 10.1. The second-order valence-corrected chi connectivity index (χ2v) is 8.54. The number of H-pyrrole nitrogens is 1. The molecule has 0 saturated carbocycles. The van der Waals surface area contributed by atoms with Gasteiger partial charge in [-0.3, -0.25) is 0 Å². The summed E-state index contributed by atoms with van der Waals surface area (Å²) in [4.78, 5) is 11.3. The fourth-order valence-electron chi connectivity index (χ4n) is 2.82. The number of hydrogen-bond acceptors (Lipinski definition) is 7. The van der Waals surface area contributed by atoms with Crippen LogP contribution in [-0.2, 0) is 9.84 Å². The minimum atomic E-state index is -3.78. The van der Waals surface area contributed by atoms with Gasteiger partial charge in [0.05, 0.1) is 10.3 Å². The minimum absolute atomic E-state index is 0.00383. The molecule has 0 aliphatic heterocycles. The van der Waals surface area contributed by atoms with Gasteiger partial charge in [0.15, 0.2) is 0 Å². The summed E-state index contributed by atoms with van der Waals surface area (Å²) in [5.41, 5.74) is 7.88. The van der Waals surface area contributed by atoms with Crippen molar-refractivity contribution in [2.45, 2.75) is 9.92 Å². The number of nitrogens with zero attached hydrogens (tertiary/aromatic N) is 2. The van der Waals surface area contributed by atoms with Crippen molar-refractivity contribution in [3.63, 3.8) is 0 Å². The van der Waals surface area contributed by atoms with Crippen LogP contribution in [0.1, 0.15) is 5.56 Å². The van der Waals surface area contributed by atoms with Crippen molar-refractivity contribution in [1.29, 1.82) is 5.41 Å². The van der Waals surface area contributed by atoms with Crippen LogP contribution in [0.4, 0.5) is 17.2 Å². The molecule has 0 amide bonds. The van der Waals surface area contributed by atoms with Crippen LogP contribution in [0.3, 0.4) is 0 Å². The van der Waals surface area contributed by atoms with E-state index in [1.165, 1.54) is 36.7 Å². The van der Waals surface area contributed by atoms with Gasteiger partial charge >= 0.3 is 0 Å². The van der Waals surface area contributed by atoms with E-state index in [1.54, 1.807) is 18.2 Å². The van der Waals surface area contributed by atoms with E-state index in [4.69, 9.17) is 22.7 Å². The van der Waals surface area contributed by atoms with Crippen LogP contribution in [0.2, 0.25) is 5.02 Å². The fourth-order valence-corrected chi connectivity index (χ4v) is 4.19. The van der Waals surface area contributed by atoms with Crippen LogP contribution in [0.25, 0.3) is 11.0 Å². The molecule has 2 aromatic carbocycles. The molecule has 0 aliphatic carbocycles. The molecule has 146 valence electrons. The Labute approximate surface area is 171 Å². The quantitative estimate of drug-likeness (QED) is 0.283. The summed E-state index contributed by atoms with van der Waals surface area (Å²) in [6.07, 6.45) is 2.48. The highest BCUT2D eigenvalue weighted by Crippen LogP contribution is 2.29. The van der Waals surface area contributed by atoms with Crippen LogP contribution < -0.4 is 11.1 Å². The standard InChI is InChI=1S/C19H15ClN6O2S/c20-12-1-4-14(5-2-12)29(27,28)17-8-15-18(23-10-24-19(15)26-17)25-13-3-6-16(22)11(7-13)9-21/h1-10,21H,22H2,(H2,23,24,25,26). The number of benzene rings is 2. The number of nitrogen functional groups attached to an aromatic ring is 1. The number of aromatic amines is 1. The molecule has 5 N–H and O–H groups in total. The molecule has 0 spiro atoms. The molecule has 0 aliphatic rings. The maximum atomic E-state index is 12.9. The Hall–Kier alpha value is -3.43. The molecule has 0 fully saturated rings. The lowest BCUT2D eigenvalue weighted by molar-refractivity contribution is 0.593. The van der Waals surface area contributed by atoms with E-state index in [1.807, 2.05) is 0 Å². The number of sulfone groups is 1. The number of hydrogen-bond donors (Lipinski definition) is 4. The van der Waals surface area contributed by atoms with Crippen LogP contribution >= 0.6 is 11.6 Å². The Kier molecular flexibility index (Phi) is 4.69. The second kappa shape index (κ2) is 7.19. The molecule has 0 radical (unpaired) electrons. The van der Waals surface area contributed by atoms with Gasteiger partial charge < -0.3 is 21.4 Å². The first-order chi connectivity index (χ1) is 13.9. The zero-order valence-corrected chi connectivity index (χ0v) is 16.4. The molecule has 2 heterocycles. The summed E-state index contributed by atoms with van der Waals surface area (Å²) in [5.74, 6) is 0.421. The summed E-state index contributed by atoms with van der Waals surface area (Å²) >= 11 is 5.85. The maximum Gasteiger partial charge on any atom is 0.221 e. The summed E-state index contributed by atoms with van der Waals surface area (Å²) in [5, 5.41) is 11.5. The maximum absolute atomic E-state index is 12.9. The predicted octanol–water partition coefficient (Wildman–Crippen LogP) is 3.77. The first-order valence-corrected chi connectivity index (χ1v) is 10.3. The van der Waals surface area contributed by atoms with Crippen molar-refractivity contribution in [1.82, 2.24) is 15.0 Å². The molecule has 0 saturated heterocycles. The molecule has 4 aromatic rings. The van der Waals surface area contributed by atoms with Gasteiger partial charge in [0, 0.05) is 28.2 Å². The van der Waals surface area contributed by atoms with Gasteiger partial charge in [-0.1, -0.05) is 11.6 Å². The van der Waals surface area contributed by atoms with Gasteiger partial charge in [-0.25, -0.2) is 18.4 Å². The van der Waals surface area contributed by atoms with Gasteiger partial charge in [0.25, 0.3) is 0 Å². The van der Waals surface area contributed by atoms with Crippen LogP contribution in [-0.4, -0.2) is 29.6 Å². The first-order valence-electron chi connectivity index (χ1n) is 8.40. The average Bonchev–Trinajstić information content (AvgIpc) is 3.16. The van der Waals surface area contributed by atoms with Crippen molar-refractivity contribution >= 4 is 55.9 Å². The number of nitrogens with one attached hydrogen (secondary N) is 3. The third kappa shape index (κ3) is 3.53. The van der Waals surface area contributed by atoms with Crippen molar-refractivity contribution in [3.8, 4) is 0 Å². The average molecular weight is 427 g/mol.